The van der Waals surface area contributed by atoms with Crippen LogP contribution in [0, 0.1) is 0 Å². The number of carbonyl (C=O) groups excluding carboxylic acids is 8. The topological polar surface area (TPSA) is 330 Å². The van der Waals surface area contributed by atoms with Crippen molar-refractivity contribution in [2.75, 3.05) is 29.5 Å². The van der Waals surface area contributed by atoms with E-state index in [1.54, 1.807) is 73.7 Å². The first-order valence-corrected chi connectivity index (χ1v) is 37.2. The van der Waals surface area contributed by atoms with Crippen LogP contribution in [0.2, 0.25) is 10.0 Å². The summed E-state index contributed by atoms with van der Waals surface area (Å²) in [4.78, 5) is 137. The normalized spacial score (nSPS) is 15.4. The Balaban J connectivity index is 0.000000262. The number of ketones is 2. The molecule has 0 aliphatic carbocycles. The molecule has 2 saturated heterocycles. The molecule has 5 aromatic carbocycles. The number of carbonyl (C=O) groups is 8. The molecular formula is C72H80Cl2N6O18S2. The molecule has 0 bridgehead atoms. The van der Waals surface area contributed by atoms with Gasteiger partial charge in [-0.1, -0.05) is 194 Å². The van der Waals surface area contributed by atoms with Gasteiger partial charge >= 0.3 is 23.4 Å². The van der Waals surface area contributed by atoms with Gasteiger partial charge in [-0.05, 0) is 92.9 Å². The van der Waals surface area contributed by atoms with E-state index in [4.69, 9.17) is 41.5 Å². The van der Waals surface area contributed by atoms with Crippen LogP contribution in [0.15, 0.2) is 156 Å². The predicted octanol–water partition coefficient (Wildman–Crippen LogP) is 12.8. The zero-order valence-electron chi connectivity index (χ0n) is 55.8. The van der Waals surface area contributed by atoms with Gasteiger partial charge in [0.1, 0.15) is 22.3 Å². The van der Waals surface area contributed by atoms with Crippen LogP contribution in [-0.4, -0.2) is 122 Å². The molecule has 24 nitrogen and oxygen atoms in total. The third-order valence-corrected chi connectivity index (χ3v) is 20.6. The number of imide groups is 2. The van der Waals surface area contributed by atoms with Gasteiger partial charge in [-0.3, -0.25) is 33.7 Å². The highest BCUT2D eigenvalue weighted by Gasteiger charge is 2.54. The number of sulfone groups is 1. The van der Waals surface area contributed by atoms with Crippen molar-refractivity contribution < 1.29 is 73.5 Å². The van der Waals surface area contributed by atoms with Gasteiger partial charge in [-0.25, -0.2) is 50.5 Å². The molecule has 4 unspecified atom stereocenters. The minimum atomic E-state index is -3.91. The second-order valence-electron chi connectivity index (χ2n) is 24.1. The zero-order chi connectivity index (χ0) is 72.3. The fourth-order valence-corrected chi connectivity index (χ4v) is 14.4. The largest absolute Gasteiger partial charge is 0.436 e. The quantitative estimate of drug-likeness (QED) is 0.0109. The maximum absolute atomic E-state index is 14.3. The van der Waals surface area contributed by atoms with Crippen LogP contribution in [0.3, 0.4) is 0 Å². The molecule has 2 aliphatic heterocycles. The number of urea groups is 1. The lowest BCUT2D eigenvalue weighted by Gasteiger charge is -2.24. The van der Waals surface area contributed by atoms with E-state index >= 15 is 0 Å². The summed E-state index contributed by atoms with van der Waals surface area (Å²) in [7, 11) is -7.62. The highest BCUT2D eigenvalue weighted by molar-refractivity contribution is 7.91. The molecule has 7 amide bonds. The van der Waals surface area contributed by atoms with E-state index in [0.29, 0.717) is 39.0 Å². The van der Waals surface area contributed by atoms with Gasteiger partial charge in [0.2, 0.25) is 27.8 Å². The van der Waals surface area contributed by atoms with Crippen LogP contribution in [0.1, 0.15) is 157 Å². The summed E-state index contributed by atoms with van der Waals surface area (Å²) in [6.07, 6.45) is 12.5. The molecule has 9 rings (SSSR count). The second-order valence-corrected chi connectivity index (χ2v) is 28.8. The number of rotatable bonds is 35. The Labute approximate surface area is 589 Å². The molecule has 4 heterocycles. The zero-order valence-corrected chi connectivity index (χ0v) is 59.0. The van der Waals surface area contributed by atoms with E-state index in [1.165, 1.54) is 93.6 Å². The molecule has 0 saturated carbocycles. The van der Waals surface area contributed by atoms with E-state index in [2.05, 4.69) is 29.2 Å². The standard InChI is InChI=1S/C42H48ClN3O9S.C30H32ClN3O9S/c1-3-5-6-7-8-9-10-11-12-18-25-56(52,53)31-23-24-34(33(43)27-31)44-38(48)36(37(47)32-26-30-21-16-17-22-35(30)55-41(32)50)46-39(49)40(54-4-2)45(42(46)51)28-29-19-14-13-15-20-29;1-3-4-5-6-7-10-15-32-44(40,41)20-13-14-23(22(31)17-20)33-27(36)25(34-28(37)18(2)42-30(34)39)26(35)21-16-19-11-8-9-12-24(19)43-29(21)38/h13-17,19-24,26-27,36,40H,3-12,18,25,28H2,1-2H3,(H,44,48);8-9,11-14,16-18,25,32H,3-7,10,15H2,1-2H3,(H,33,36). The maximum Gasteiger partial charge on any atom is 0.418 e. The molecule has 100 heavy (non-hydrogen) atoms. The fourth-order valence-electron chi connectivity index (χ4n) is 11.4. The lowest BCUT2D eigenvalue weighted by atomic mass is 10.0. The first-order valence-electron chi connectivity index (χ1n) is 33.3. The summed E-state index contributed by atoms with van der Waals surface area (Å²) in [6, 6.07) is 25.9. The number of fused-ring (bicyclic) bond motifs is 2. The number of ether oxygens (including phenoxy) is 2. The number of anilines is 2. The van der Waals surface area contributed by atoms with E-state index < -0.39 is 114 Å². The van der Waals surface area contributed by atoms with Crippen LogP contribution in [-0.2, 0) is 55.1 Å². The predicted molar refractivity (Wildman–Crippen MR) is 376 cm³/mol. The molecule has 0 spiro atoms. The number of cyclic esters (lactones) is 1. The average molecular weight is 1450 g/mol. The molecule has 4 atom stereocenters. The van der Waals surface area contributed by atoms with Gasteiger partial charge < -0.3 is 28.9 Å². The van der Waals surface area contributed by atoms with Crippen molar-refractivity contribution in [2.45, 2.75) is 171 Å². The molecule has 3 N–H and O–H groups in total. The van der Waals surface area contributed by atoms with Crippen LogP contribution >= 0.6 is 23.2 Å². The lowest BCUT2D eigenvalue weighted by molar-refractivity contribution is -0.144. The number of sulfonamides is 1. The number of unbranched alkanes of at least 4 members (excludes halogenated alkanes) is 14. The lowest BCUT2D eigenvalue weighted by Crippen LogP contribution is -2.53. The third-order valence-electron chi connectivity index (χ3n) is 16.7. The van der Waals surface area contributed by atoms with Crippen molar-refractivity contribution in [1.82, 2.24) is 19.4 Å². The van der Waals surface area contributed by atoms with Crippen molar-refractivity contribution in [3.05, 3.63) is 175 Å². The fraction of sp³-hybridized carbons (Fsp3) is 0.389. The van der Waals surface area contributed by atoms with Crippen molar-refractivity contribution in [3.63, 3.8) is 0 Å². The summed E-state index contributed by atoms with van der Waals surface area (Å²) in [6.45, 7) is 7.37. The third kappa shape index (κ3) is 19.3. The Morgan fingerprint density at radius 2 is 1.00 bits per heavy atom. The van der Waals surface area contributed by atoms with Gasteiger partial charge in [0.15, 0.2) is 28.0 Å². The molecule has 2 fully saturated rings. The number of nitrogens with zero attached hydrogens (tertiary/aromatic N) is 3. The first-order chi connectivity index (χ1) is 47.9. The molecule has 0 radical (unpaired) electrons. The van der Waals surface area contributed by atoms with Crippen molar-refractivity contribution in [1.29, 1.82) is 0 Å². The maximum atomic E-state index is 14.3. The second kappa shape index (κ2) is 35.9. The summed E-state index contributed by atoms with van der Waals surface area (Å²) >= 11 is 12.8. The van der Waals surface area contributed by atoms with Crippen LogP contribution < -0.4 is 26.6 Å². The summed E-state index contributed by atoms with van der Waals surface area (Å²) in [5.41, 5.74) is -2.48. The smallest absolute Gasteiger partial charge is 0.418 e. The van der Waals surface area contributed by atoms with Crippen molar-refractivity contribution >= 4 is 124 Å². The summed E-state index contributed by atoms with van der Waals surface area (Å²) < 4.78 is 75.6. The molecular weight excluding hydrogens is 1370 g/mol. The molecule has 532 valence electrons. The number of nitrogens with one attached hydrogen (secondary N) is 3. The Kier molecular flexibility index (Phi) is 27.6. The number of para-hydroxylation sites is 2. The van der Waals surface area contributed by atoms with E-state index in [1.807, 2.05) is 0 Å². The van der Waals surface area contributed by atoms with Gasteiger partial charge in [0, 0.05) is 23.9 Å². The highest BCUT2D eigenvalue weighted by atomic mass is 35.5. The molecule has 28 heteroatoms. The van der Waals surface area contributed by atoms with Crippen molar-refractivity contribution in [3.8, 4) is 0 Å². The molecule has 7 aromatic rings. The first kappa shape index (κ1) is 76.8. The van der Waals surface area contributed by atoms with Gasteiger partial charge in [0.25, 0.3) is 23.6 Å². The van der Waals surface area contributed by atoms with Crippen molar-refractivity contribution in [2.24, 2.45) is 0 Å². The average Bonchev–Trinajstić information content (AvgIpc) is 1.57. The minimum Gasteiger partial charge on any atom is -0.436 e. The SMILES string of the molecule is CCCCCCCCCCCCS(=O)(=O)c1ccc(NC(=O)C(C(=O)c2cc3ccccc3oc2=O)N2C(=O)C(OCC)N(Cc3ccccc3)C2=O)c(Cl)c1.CCCCCCCCNS(=O)(=O)c1ccc(NC(=O)C(C(=O)c2cc3ccccc3oc2=O)N2C(=O)OC(C)C2=O)c(Cl)c1. The van der Waals surface area contributed by atoms with E-state index in [-0.39, 0.29) is 67.8 Å². The number of hydrogen-bond acceptors (Lipinski definition) is 18. The summed E-state index contributed by atoms with van der Waals surface area (Å²) in [5, 5.41) is 5.23. The van der Waals surface area contributed by atoms with Crippen LogP contribution in [0.25, 0.3) is 21.9 Å². The molecule has 2 aliphatic rings. The Hall–Kier alpha value is -8.92. The summed E-state index contributed by atoms with van der Waals surface area (Å²) in [5.74, 6) is -6.80. The van der Waals surface area contributed by atoms with Crippen LogP contribution in [0.5, 0.6) is 0 Å². The Bertz CT molecular complexity index is 4510. The number of amides is 7. The van der Waals surface area contributed by atoms with Gasteiger partial charge in [0.05, 0.1) is 43.5 Å². The number of Topliss-reactive ketones (excluding diaryl/α,β-unsaturated/α-hetero) is 2. The van der Waals surface area contributed by atoms with Gasteiger partial charge in [-0.15, -0.1) is 0 Å². The van der Waals surface area contributed by atoms with E-state index in [9.17, 15) is 64.8 Å². The van der Waals surface area contributed by atoms with Gasteiger partial charge in [-0.2, -0.15) is 0 Å². The van der Waals surface area contributed by atoms with E-state index in [0.717, 1.165) is 68.8 Å². The minimum absolute atomic E-state index is 0.0198. The molecule has 2 aromatic heterocycles. The number of halogens is 2. The monoisotopic (exact) mass is 1450 g/mol. The number of hydrogen-bond donors (Lipinski definition) is 3. The van der Waals surface area contributed by atoms with Crippen LogP contribution in [0.4, 0.5) is 21.0 Å². The Morgan fingerprint density at radius 1 is 0.540 bits per heavy atom. The highest BCUT2D eigenvalue weighted by Crippen LogP contribution is 2.32. The Morgan fingerprint density at radius 3 is 1.49 bits per heavy atom. The number of benzene rings is 5.